The van der Waals surface area contributed by atoms with E-state index in [9.17, 15) is 4.79 Å². The second-order valence-electron chi connectivity index (χ2n) is 11.3. The number of imidazole rings is 1. The summed E-state index contributed by atoms with van der Waals surface area (Å²) in [6.45, 7) is 0.603. The molecule has 2 N–H and O–H groups in total. The molecule has 40 heavy (non-hydrogen) atoms. The van der Waals surface area contributed by atoms with Crippen LogP contribution in [0.5, 0.6) is 0 Å². The summed E-state index contributed by atoms with van der Waals surface area (Å²) in [5.41, 5.74) is 6.53. The van der Waals surface area contributed by atoms with Crippen molar-refractivity contribution in [1.82, 2.24) is 40.4 Å². The average Bonchev–Trinajstić information content (AvgIpc) is 3.68. The number of aromatic nitrogens is 8. The lowest BCUT2D eigenvalue weighted by Gasteiger charge is -2.22. The monoisotopic (exact) mass is 534 g/mol. The summed E-state index contributed by atoms with van der Waals surface area (Å²) in [6.07, 6.45) is 11.9. The van der Waals surface area contributed by atoms with Crippen LogP contribution in [0.4, 0.5) is 0 Å². The maximum absolute atomic E-state index is 13.3. The van der Waals surface area contributed by atoms with Gasteiger partial charge in [-0.2, -0.15) is 10.3 Å². The molecule has 0 atom stereocenters. The number of benzene rings is 2. The standard InChI is InChI=1S/C31H34N8O/c40-31-28-27(26(33-36-31)22-9-3-1-4-10-22)32-30(23-11-5-2-6-12-23)39(28)19-20-15-17-21(18-16-20)24-13-7-8-14-25(24)29-34-37-38-35-29/h7-8,13-18,22-23H,1-6,9-12,19H2,(H,36,40)(H,34,35,37,38). The number of nitrogens with one attached hydrogen (secondary N) is 2. The molecule has 204 valence electrons. The first-order valence-electron chi connectivity index (χ1n) is 14.7. The summed E-state index contributed by atoms with van der Waals surface area (Å²) in [4.78, 5) is 18.5. The zero-order valence-corrected chi connectivity index (χ0v) is 22.6. The number of hydrogen-bond donors (Lipinski definition) is 2. The molecule has 0 unspecified atom stereocenters. The van der Waals surface area contributed by atoms with Crippen LogP contribution in [0.2, 0.25) is 0 Å². The Kier molecular flexibility index (Phi) is 6.71. The van der Waals surface area contributed by atoms with E-state index in [-0.39, 0.29) is 5.56 Å². The van der Waals surface area contributed by atoms with E-state index in [1.807, 2.05) is 18.2 Å². The van der Waals surface area contributed by atoms with Crippen molar-refractivity contribution in [1.29, 1.82) is 0 Å². The Morgan fingerprint density at radius 1 is 0.800 bits per heavy atom. The summed E-state index contributed by atoms with van der Waals surface area (Å²) < 4.78 is 2.19. The first kappa shape index (κ1) is 24.9. The molecule has 2 aromatic carbocycles. The van der Waals surface area contributed by atoms with Crippen molar-refractivity contribution in [3.05, 3.63) is 76.0 Å². The zero-order chi connectivity index (χ0) is 26.9. The maximum atomic E-state index is 13.3. The number of nitrogens with zero attached hydrogens (tertiary/aromatic N) is 6. The van der Waals surface area contributed by atoms with E-state index in [4.69, 9.17) is 4.98 Å². The molecule has 9 heteroatoms. The molecule has 3 aromatic heterocycles. The molecule has 0 spiro atoms. The SMILES string of the molecule is O=c1[nH]nc(C2CCCCC2)c2nc(C3CCCCC3)n(Cc3ccc(-c4ccccc4-c4nn[nH]n4)cc3)c12. The quantitative estimate of drug-likeness (QED) is 0.271. The minimum Gasteiger partial charge on any atom is -0.319 e. The lowest BCUT2D eigenvalue weighted by Crippen LogP contribution is -2.19. The van der Waals surface area contributed by atoms with Gasteiger partial charge in [0.25, 0.3) is 5.56 Å². The summed E-state index contributed by atoms with van der Waals surface area (Å²) in [7, 11) is 0. The van der Waals surface area contributed by atoms with Gasteiger partial charge in [-0.25, -0.2) is 10.1 Å². The highest BCUT2D eigenvalue weighted by molar-refractivity contribution is 5.80. The summed E-state index contributed by atoms with van der Waals surface area (Å²) in [6, 6.07) is 16.6. The van der Waals surface area contributed by atoms with Gasteiger partial charge in [-0.1, -0.05) is 87.1 Å². The minimum absolute atomic E-state index is 0.144. The van der Waals surface area contributed by atoms with E-state index in [0.29, 0.717) is 29.7 Å². The van der Waals surface area contributed by atoms with Gasteiger partial charge in [-0.3, -0.25) is 4.79 Å². The first-order chi connectivity index (χ1) is 19.8. The van der Waals surface area contributed by atoms with Crippen LogP contribution >= 0.6 is 0 Å². The van der Waals surface area contributed by atoms with Gasteiger partial charge in [-0.05, 0) is 47.6 Å². The Bertz CT molecular complexity index is 1660. The van der Waals surface area contributed by atoms with Crippen molar-refractivity contribution in [2.24, 2.45) is 0 Å². The van der Waals surface area contributed by atoms with Crippen LogP contribution in [0, 0.1) is 0 Å². The van der Waals surface area contributed by atoms with E-state index in [0.717, 1.165) is 65.0 Å². The van der Waals surface area contributed by atoms with E-state index in [1.54, 1.807) is 0 Å². The molecule has 0 radical (unpaired) electrons. The molecule has 7 rings (SSSR count). The Labute approximate surface area is 232 Å². The van der Waals surface area contributed by atoms with Gasteiger partial charge in [0.2, 0.25) is 5.82 Å². The Balaban J connectivity index is 1.28. The van der Waals surface area contributed by atoms with Crippen LogP contribution in [0.15, 0.2) is 53.3 Å². The second-order valence-corrected chi connectivity index (χ2v) is 11.3. The normalized spacial score (nSPS) is 17.0. The predicted molar refractivity (Wildman–Crippen MR) is 154 cm³/mol. The molecule has 2 saturated carbocycles. The zero-order valence-electron chi connectivity index (χ0n) is 22.6. The molecule has 2 fully saturated rings. The highest BCUT2D eigenvalue weighted by atomic mass is 16.1. The number of fused-ring (bicyclic) bond motifs is 1. The number of tetrazole rings is 1. The lowest BCUT2D eigenvalue weighted by atomic mass is 9.86. The third-order valence-electron chi connectivity index (χ3n) is 8.81. The molecule has 0 aliphatic heterocycles. The largest absolute Gasteiger partial charge is 0.319 e. The Morgan fingerprint density at radius 3 is 2.20 bits per heavy atom. The molecule has 2 aliphatic carbocycles. The van der Waals surface area contributed by atoms with Gasteiger partial charge in [0, 0.05) is 23.9 Å². The molecule has 0 amide bonds. The molecule has 9 nitrogen and oxygen atoms in total. The fourth-order valence-corrected chi connectivity index (χ4v) is 6.77. The van der Waals surface area contributed by atoms with Crippen molar-refractivity contribution in [3.63, 3.8) is 0 Å². The second kappa shape index (κ2) is 10.8. The summed E-state index contributed by atoms with van der Waals surface area (Å²) >= 11 is 0. The van der Waals surface area contributed by atoms with Gasteiger partial charge in [-0.15, -0.1) is 10.2 Å². The third kappa shape index (κ3) is 4.63. The van der Waals surface area contributed by atoms with Gasteiger partial charge in [0.05, 0.1) is 5.69 Å². The van der Waals surface area contributed by atoms with Crippen LogP contribution in [0.1, 0.15) is 93.1 Å². The van der Waals surface area contributed by atoms with E-state index < -0.39 is 0 Å². The smallest absolute Gasteiger partial charge is 0.290 e. The van der Waals surface area contributed by atoms with Gasteiger partial charge < -0.3 is 4.57 Å². The Morgan fingerprint density at radius 2 is 1.50 bits per heavy atom. The third-order valence-corrected chi connectivity index (χ3v) is 8.81. The van der Waals surface area contributed by atoms with Gasteiger partial charge >= 0.3 is 0 Å². The van der Waals surface area contributed by atoms with Crippen LogP contribution in [-0.2, 0) is 6.54 Å². The predicted octanol–water partition coefficient (Wildman–Crippen LogP) is 6.11. The number of hydrogen-bond acceptors (Lipinski definition) is 6. The molecule has 5 aromatic rings. The Hall–Kier alpha value is -4.14. The van der Waals surface area contributed by atoms with E-state index >= 15 is 0 Å². The van der Waals surface area contributed by atoms with E-state index in [2.05, 4.69) is 65.7 Å². The van der Waals surface area contributed by atoms with Crippen molar-refractivity contribution < 1.29 is 0 Å². The lowest BCUT2D eigenvalue weighted by molar-refractivity contribution is 0.419. The number of H-pyrrole nitrogens is 2. The fourth-order valence-electron chi connectivity index (χ4n) is 6.77. The summed E-state index contributed by atoms with van der Waals surface area (Å²) in [5, 5.41) is 22.1. The van der Waals surface area contributed by atoms with Crippen molar-refractivity contribution >= 4 is 11.0 Å². The molecule has 3 heterocycles. The number of rotatable bonds is 6. The summed E-state index contributed by atoms with van der Waals surface area (Å²) in [5.74, 6) is 2.37. The van der Waals surface area contributed by atoms with Gasteiger partial charge in [0.15, 0.2) is 0 Å². The van der Waals surface area contributed by atoms with Gasteiger partial charge in [0.1, 0.15) is 16.9 Å². The van der Waals surface area contributed by atoms with Crippen molar-refractivity contribution in [2.45, 2.75) is 82.6 Å². The highest BCUT2D eigenvalue weighted by Gasteiger charge is 2.28. The van der Waals surface area contributed by atoms with Crippen LogP contribution < -0.4 is 5.56 Å². The molecular weight excluding hydrogens is 500 g/mol. The molecule has 2 aliphatic rings. The van der Waals surface area contributed by atoms with Crippen LogP contribution in [0.3, 0.4) is 0 Å². The van der Waals surface area contributed by atoms with E-state index in [1.165, 1.54) is 38.5 Å². The fraction of sp³-hybridized carbons (Fsp3) is 0.419. The van der Waals surface area contributed by atoms with Crippen LogP contribution in [-0.4, -0.2) is 40.4 Å². The number of aromatic amines is 2. The molecule has 0 saturated heterocycles. The average molecular weight is 535 g/mol. The maximum Gasteiger partial charge on any atom is 0.290 e. The topological polar surface area (TPSA) is 118 Å². The minimum atomic E-state index is -0.144. The van der Waals surface area contributed by atoms with Crippen LogP contribution in [0.25, 0.3) is 33.5 Å². The van der Waals surface area contributed by atoms with Crippen molar-refractivity contribution in [2.75, 3.05) is 0 Å². The molecular formula is C31H34N8O. The molecule has 0 bridgehead atoms. The highest BCUT2D eigenvalue weighted by Crippen LogP contribution is 2.38. The first-order valence-corrected chi connectivity index (χ1v) is 14.7. The van der Waals surface area contributed by atoms with Crippen molar-refractivity contribution in [3.8, 4) is 22.5 Å².